The molecule has 4 aromatic rings. The molecule has 2 aliphatic rings. The highest BCUT2D eigenvalue weighted by Gasteiger charge is 2.37. The Labute approximate surface area is 383 Å². The third-order valence-electron chi connectivity index (χ3n) is 11.2. The van der Waals surface area contributed by atoms with Gasteiger partial charge in [0.25, 0.3) is 0 Å². The van der Waals surface area contributed by atoms with Gasteiger partial charge in [0.1, 0.15) is 36.3 Å². The molecule has 2 fully saturated rings. The van der Waals surface area contributed by atoms with Gasteiger partial charge in [-0.05, 0) is 47.5 Å². The van der Waals surface area contributed by atoms with Gasteiger partial charge in [0.2, 0.25) is 41.4 Å². The first-order chi connectivity index (χ1) is 31.6. The molecule has 6 unspecified atom stereocenters. The van der Waals surface area contributed by atoms with Crippen molar-refractivity contribution < 1.29 is 53.4 Å². The SMILES string of the molecule is CC(C)CC1NC(=O)C(c2cccs2)NC(=O)C(CC(=O)[O-])NC(=O)C(CC(=O)N2CCN(c3ccccc3)CC2)NC(=O)C(CC(=O)[O-])NC(=O)C(Cc2c[nH]c3ccccc23)NC1=O. The maximum absolute atomic E-state index is 14.3. The summed E-state index contributed by atoms with van der Waals surface area (Å²) in [5.41, 5.74) is 2.19. The maximum atomic E-state index is 14.3. The third-order valence-corrected chi connectivity index (χ3v) is 12.2. The minimum atomic E-state index is -1.95. The van der Waals surface area contributed by atoms with E-state index in [0.717, 1.165) is 17.0 Å². The van der Waals surface area contributed by atoms with Crippen LogP contribution in [0.15, 0.2) is 78.3 Å². The number of carboxylic acid groups (broad SMARTS) is 2. The second kappa shape index (κ2) is 22.1. The molecule has 4 heterocycles. The number of H-pyrrole nitrogens is 1. The molecule has 2 aliphatic heterocycles. The Hall–Kier alpha value is -7.29. The number of thiophene rings is 1. The molecule has 21 heteroatoms. The smallest absolute Gasteiger partial charge is 0.248 e. The van der Waals surface area contributed by atoms with E-state index in [4.69, 9.17) is 0 Å². The number of para-hydroxylation sites is 2. The zero-order chi connectivity index (χ0) is 47.5. The van der Waals surface area contributed by atoms with Crippen molar-refractivity contribution in [3.05, 3.63) is 88.7 Å². The highest BCUT2D eigenvalue weighted by atomic mass is 32.1. The van der Waals surface area contributed by atoms with Crippen molar-refractivity contribution in [2.24, 2.45) is 5.92 Å². The van der Waals surface area contributed by atoms with E-state index in [9.17, 15) is 53.4 Å². The summed E-state index contributed by atoms with van der Waals surface area (Å²) in [5, 5.41) is 41.2. The summed E-state index contributed by atoms with van der Waals surface area (Å²) >= 11 is 1.06. The van der Waals surface area contributed by atoms with E-state index in [-0.39, 0.29) is 36.7 Å². The topological polar surface area (TPSA) is 294 Å². The van der Waals surface area contributed by atoms with Crippen molar-refractivity contribution in [2.45, 2.75) is 82.2 Å². The summed E-state index contributed by atoms with van der Waals surface area (Å²) in [6, 6.07) is 9.57. The Morgan fingerprint density at radius 2 is 1.15 bits per heavy atom. The van der Waals surface area contributed by atoms with E-state index in [0.29, 0.717) is 29.6 Å². The van der Waals surface area contributed by atoms with Gasteiger partial charge in [-0.2, -0.15) is 0 Å². The third kappa shape index (κ3) is 12.7. The molecule has 2 aromatic carbocycles. The number of nitrogens with one attached hydrogen (secondary N) is 7. The van der Waals surface area contributed by atoms with Crippen molar-refractivity contribution in [1.29, 1.82) is 0 Å². The summed E-state index contributed by atoms with van der Waals surface area (Å²) in [5.74, 6) is -10.8. The van der Waals surface area contributed by atoms with Crippen LogP contribution in [-0.2, 0) is 49.6 Å². The second-order valence-corrected chi connectivity index (χ2v) is 17.5. The molecule has 0 spiro atoms. The van der Waals surface area contributed by atoms with Crippen molar-refractivity contribution in [3.63, 3.8) is 0 Å². The van der Waals surface area contributed by atoms with Crippen LogP contribution >= 0.6 is 11.3 Å². The Balaban J connectivity index is 1.36. The molecule has 0 saturated carbocycles. The molecule has 2 saturated heterocycles. The van der Waals surface area contributed by atoms with Crippen LogP contribution in [0.2, 0.25) is 0 Å². The number of amides is 7. The first kappa shape index (κ1) is 48.2. The Bertz CT molecular complexity index is 2420. The number of hydrogen-bond donors (Lipinski definition) is 7. The largest absolute Gasteiger partial charge is 0.550 e. The van der Waals surface area contributed by atoms with E-state index >= 15 is 0 Å². The lowest BCUT2D eigenvalue weighted by molar-refractivity contribution is -0.307. The van der Waals surface area contributed by atoms with E-state index in [1.54, 1.807) is 55.8 Å². The quantitative estimate of drug-likeness (QED) is 0.0823. The average Bonchev–Trinajstić information content (AvgIpc) is 3.97. The van der Waals surface area contributed by atoms with E-state index in [2.05, 4.69) is 36.9 Å². The number of piperazine rings is 1. The number of anilines is 1. The summed E-state index contributed by atoms with van der Waals surface area (Å²) in [6.45, 7) is 4.82. The van der Waals surface area contributed by atoms with Gasteiger partial charge in [0, 0.05) is 85.0 Å². The fraction of sp³-hybridized carbons (Fsp3) is 0.400. The van der Waals surface area contributed by atoms with Gasteiger partial charge in [0.05, 0.1) is 6.42 Å². The minimum Gasteiger partial charge on any atom is -0.550 e. The highest BCUT2D eigenvalue weighted by molar-refractivity contribution is 7.10. The van der Waals surface area contributed by atoms with Gasteiger partial charge in [0.15, 0.2) is 0 Å². The standard InChI is InChI=1S/C45H53N9O11S/c1-25(2)19-30-40(60)47-31(20-26-24-46-29-12-7-6-11-28(26)29)41(61)49-33(22-37(56)57)43(63)48-32(21-36(55)54-16-14-53(15-17-54)27-9-4-3-5-10-27)42(62)50-34(23-38(58)59)44(64)52-39(45(65)51-30)35-13-8-18-66-35/h3-13,18,24-25,30-34,39,46H,14-17,19-23H2,1-2H3,(H,47,60)(H,48,63)(H,49,61)(H,50,62)(H,51,65)(H,52,64)(H,56,57)(H,58,59)/p-2. The maximum Gasteiger partial charge on any atom is 0.248 e. The molecular formula is C45H51N9O11S-2. The Morgan fingerprint density at radius 1 is 0.621 bits per heavy atom. The number of benzene rings is 2. The first-order valence-electron chi connectivity index (χ1n) is 21.4. The number of aromatic amines is 1. The fourth-order valence-electron chi connectivity index (χ4n) is 7.86. The predicted octanol–water partition coefficient (Wildman–Crippen LogP) is -1.87. The predicted molar refractivity (Wildman–Crippen MR) is 235 cm³/mol. The molecule has 6 rings (SSSR count). The zero-order valence-corrected chi connectivity index (χ0v) is 37.0. The highest BCUT2D eigenvalue weighted by Crippen LogP contribution is 2.23. The lowest BCUT2D eigenvalue weighted by Crippen LogP contribution is -2.62. The normalized spacial score (nSPS) is 22.8. The van der Waals surface area contributed by atoms with Gasteiger partial charge < -0.3 is 66.5 Å². The number of carboxylic acids is 2. The van der Waals surface area contributed by atoms with Crippen LogP contribution in [0, 0.1) is 5.92 Å². The Morgan fingerprint density at radius 3 is 1.74 bits per heavy atom. The van der Waals surface area contributed by atoms with Crippen LogP contribution in [0.3, 0.4) is 0 Å². The molecule has 350 valence electrons. The zero-order valence-electron chi connectivity index (χ0n) is 36.2. The van der Waals surface area contributed by atoms with E-state index in [1.165, 1.54) is 11.0 Å². The van der Waals surface area contributed by atoms with Gasteiger partial charge in [-0.3, -0.25) is 33.6 Å². The Kier molecular flexibility index (Phi) is 16.1. The molecular weight excluding hydrogens is 875 g/mol. The molecule has 0 aliphatic carbocycles. The van der Waals surface area contributed by atoms with Crippen LogP contribution in [-0.4, -0.2) is 120 Å². The number of carbonyl (C=O) groups is 9. The first-order valence-corrected chi connectivity index (χ1v) is 22.3. The van der Waals surface area contributed by atoms with E-state index < -0.39 is 109 Å². The van der Waals surface area contributed by atoms with Crippen LogP contribution in [0.4, 0.5) is 5.69 Å². The number of hydrogen-bond acceptors (Lipinski definition) is 13. The molecule has 0 bridgehead atoms. The molecule has 0 radical (unpaired) electrons. The van der Waals surface area contributed by atoms with Crippen LogP contribution < -0.4 is 47.0 Å². The monoisotopic (exact) mass is 925 g/mol. The minimum absolute atomic E-state index is 0.0337. The van der Waals surface area contributed by atoms with Gasteiger partial charge in [-0.25, -0.2) is 0 Å². The van der Waals surface area contributed by atoms with Gasteiger partial charge in [-0.15, -0.1) is 11.3 Å². The molecule has 66 heavy (non-hydrogen) atoms. The second-order valence-electron chi connectivity index (χ2n) is 16.5. The van der Waals surface area contributed by atoms with Crippen molar-refractivity contribution >= 4 is 81.2 Å². The molecule has 7 amide bonds. The van der Waals surface area contributed by atoms with Crippen LogP contribution in [0.1, 0.15) is 56.0 Å². The fourth-order valence-corrected chi connectivity index (χ4v) is 8.63. The van der Waals surface area contributed by atoms with Crippen LogP contribution in [0.25, 0.3) is 10.9 Å². The van der Waals surface area contributed by atoms with Gasteiger partial charge in [-0.1, -0.05) is 56.3 Å². The molecule has 7 N–H and O–H groups in total. The molecule has 6 atom stereocenters. The number of fused-ring (bicyclic) bond motifs is 1. The van der Waals surface area contributed by atoms with Crippen molar-refractivity contribution in [3.8, 4) is 0 Å². The summed E-state index contributed by atoms with van der Waals surface area (Å²) in [7, 11) is 0. The number of nitrogens with zero attached hydrogens (tertiary/aromatic N) is 2. The lowest BCUT2D eigenvalue weighted by Gasteiger charge is -2.36. The van der Waals surface area contributed by atoms with Crippen LogP contribution in [0.5, 0.6) is 0 Å². The summed E-state index contributed by atoms with van der Waals surface area (Å²) < 4.78 is 0. The number of aromatic nitrogens is 1. The van der Waals surface area contributed by atoms with Crippen molar-refractivity contribution in [1.82, 2.24) is 41.8 Å². The lowest BCUT2D eigenvalue weighted by atomic mass is 10.00. The van der Waals surface area contributed by atoms with E-state index in [1.807, 2.05) is 35.2 Å². The molecule has 2 aromatic heterocycles. The van der Waals surface area contributed by atoms with Gasteiger partial charge >= 0.3 is 0 Å². The number of aliphatic carboxylic acids is 2. The molecule has 20 nitrogen and oxygen atoms in total. The summed E-state index contributed by atoms with van der Waals surface area (Å²) in [4.78, 5) is 130. The summed E-state index contributed by atoms with van der Waals surface area (Å²) in [6.07, 6.45) is -1.52. The van der Waals surface area contributed by atoms with Crippen molar-refractivity contribution in [2.75, 3.05) is 31.1 Å². The average molecular weight is 926 g/mol. The number of rotatable bonds is 12. The number of carbonyl (C=O) groups excluding carboxylic acids is 9.